The molecule has 1 atom stereocenters. The third-order valence-electron chi connectivity index (χ3n) is 1.99. The quantitative estimate of drug-likeness (QED) is 0.900. The summed E-state index contributed by atoms with van der Waals surface area (Å²) in [5.74, 6) is 0. The van der Waals surface area contributed by atoms with Gasteiger partial charge in [0.1, 0.15) is 6.10 Å². The van der Waals surface area contributed by atoms with Crippen LogP contribution in [0.1, 0.15) is 24.2 Å². The summed E-state index contributed by atoms with van der Waals surface area (Å²) in [6, 6.07) is 5.91. The highest BCUT2D eigenvalue weighted by Gasteiger charge is 2.10. The Morgan fingerprint density at radius 3 is 2.86 bits per heavy atom. The van der Waals surface area contributed by atoms with E-state index in [9.17, 15) is 5.11 Å². The van der Waals surface area contributed by atoms with E-state index in [2.05, 4.69) is 15.9 Å². The maximum atomic E-state index is 9.80. The van der Waals surface area contributed by atoms with Gasteiger partial charge in [0.2, 0.25) is 0 Å². The van der Waals surface area contributed by atoms with Crippen molar-refractivity contribution in [3.05, 3.63) is 33.8 Å². The molecule has 78 valence electrons. The summed E-state index contributed by atoms with van der Waals surface area (Å²) in [6.07, 6.45) is -0.552. The molecular weight excluding hydrogens is 244 g/mol. The van der Waals surface area contributed by atoms with Gasteiger partial charge in [-0.2, -0.15) is 0 Å². The van der Waals surface area contributed by atoms with E-state index >= 15 is 0 Å². The first-order valence-corrected chi connectivity index (χ1v) is 5.46. The van der Waals surface area contributed by atoms with Crippen LogP contribution in [-0.4, -0.2) is 18.3 Å². The predicted molar refractivity (Wildman–Crippen MR) is 60.3 cm³/mol. The van der Waals surface area contributed by atoms with Crippen LogP contribution in [-0.2, 0) is 4.74 Å². The van der Waals surface area contributed by atoms with Gasteiger partial charge in [0.05, 0.1) is 6.61 Å². The van der Waals surface area contributed by atoms with Gasteiger partial charge in [0.15, 0.2) is 0 Å². The molecule has 1 aromatic carbocycles. The fourth-order valence-electron chi connectivity index (χ4n) is 1.24. The molecule has 2 nitrogen and oxygen atoms in total. The Kier molecular flexibility index (Phi) is 4.58. The standard InChI is InChI=1S/C11H15BrO2/c1-3-14-7-11(13)9-6-8(2)4-5-10(9)12/h4-6,11,13H,3,7H2,1-2H3. The minimum atomic E-state index is -0.552. The molecule has 0 saturated carbocycles. The van der Waals surface area contributed by atoms with Crippen LogP contribution in [0.4, 0.5) is 0 Å². The van der Waals surface area contributed by atoms with Crippen LogP contribution in [0.15, 0.2) is 22.7 Å². The molecule has 1 aromatic rings. The molecule has 0 aliphatic carbocycles. The zero-order valence-electron chi connectivity index (χ0n) is 8.46. The lowest BCUT2D eigenvalue weighted by Crippen LogP contribution is -2.07. The Hall–Kier alpha value is -0.380. The largest absolute Gasteiger partial charge is 0.386 e. The van der Waals surface area contributed by atoms with Crippen LogP contribution in [0.3, 0.4) is 0 Å². The van der Waals surface area contributed by atoms with E-state index in [1.54, 1.807) is 0 Å². The third-order valence-corrected chi connectivity index (χ3v) is 2.71. The number of rotatable bonds is 4. The molecule has 14 heavy (non-hydrogen) atoms. The van der Waals surface area contributed by atoms with E-state index in [0.29, 0.717) is 13.2 Å². The second-order valence-corrected chi connectivity index (χ2v) is 4.05. The van der Waals surface area contributed by atoms with Gasteiger partial charge in [-0.05, 0) is 25.5 Å². The fourth-order valence-corrected chi connectivity index (χ4v) is 1.75. The first kappa shape index (κ1) is 11.7. The highest BCUT2D eigenvalue weighted by atomic mass is 79.9. The summed E-state index contributed by atoms with van der Waals surface area (Å²) in [6.45, 7) is 4.89. The molecule has 0 heterocycles. The summed E-state index contributed by atoms with van der Waals surface area (Å²) in [5, 5.41) is 9.80. The first-order valence-electron chi connectivity index (χ1n) is 4.67. The first-order chi connectivity index (χ1) is 6.65. The monoisotopic (exact) mass is 258 g/mol. The van der Waals surface area contributed by atoms with Crippen molar-refractivity contribution in [2.24, 2.45) is 0 Å². The van der Waals surface area contributed by atoms with Crippen LogP contribution in [0.25, 0.3) is 0 Å². The van der Waals surface area contributed by atoms with Gasteiger partial charge in [-0.15, -0.1) is 0 Å². The van der Waals surface area contributed by atoms with Crippen LogP contribution in [0, 0.1) is 6.92 Å². The number of aliphatic hydroxyl groups excluding tert-OH is 1. The number of ether oxygens (including phenoxy) is 1. The molecular formula is C11H15BrO2. The summed E-state index contributed by atoms with van der Waals surface area (Å²) in [5.41, 5.74) is 2.03. The zero-order valence-corrected chi connectivity index (χ0v) is 10.0. The second kappa shape index (κ2) is 5.49. The number of halogens is 1. The average molecular weight is 259 g/mol. The van der Waals surface area contributed by atoms with E-state index in [4.69, 9.17) is 4.74 Å². The SMILES string of the molecule is CCOCC(O)c1cc(C)ccc1Br. The van der Waals surface area contributed by atoms with Crippen molar-refractivity contribution in [3.63, 3.8) is 0 Å². The number of aryl methyl sites for hydroxylation is 1. The molecule has 0 spiro atoms. The van der Waals surface area contributed by atoms with E-state index < -0.39 is 6.10 Å². The van der Waals surface area contributed by atoms with Crippen LogP contribution >= 0.6 is 15.9 Å². The number of hydrogen-bond acceptors (Lipinski definition) is 2. The molecule has 1 N–H and O–H groups in total. The highest BCUT2D eigenvalue weighted by Crippen LogP contribution is 2.24. The van der Waals surface area contributed by atoms with Crippen molar-refractivity contribution in [2.45, 2.75) is 20.0 Å². The lowest BCUT2D eigenvalue weighted by atomic mass is 10.1. The molecule has 0 bridgehead atoms. The Labute approximate surface area is 93.0 Å². The number of aliphatic hydroxyl groups is 1. The van der Waals surface area contributed by atoms with Crippen molar-refractivity contribution in [1.29, 1.82) is 0 Å². The molecule has 0 radical (unpaired) electrons. The van der Waals surface area contributed by atoms with Crippen molar-refractivity contribution in [1.82, 2.24) is 0 Å². The van der Waals surface area contributed by atoms with E-state index in [1.165, 1.54) is 0 Å². The summed E-state index contributed by atoms with van der Waals surface area (Å²) >= 11 is 3.41. The maximum Gasteiger partial charge on any atom is 0.103 e. The van der Waals surface area contributed by atoms with Gasteiger partial charge in [0, 0.05) is 11.1 Å². The number of hydrogen-bond donors (Lipinski definition) is 1. The van der Waals surface area contributed by atoms with Gasteiger partial charge in [-0.3, -0.25) is 0 Å². The molecule has 0 saturated heterocycles. The van der Waals surface area contributed by atoms with Gasteiger partial charge < -0.3 is 9.84 Å². The molecule has 0 amide bonds. The molecule has 0 aliphatic heterocycles. The molecule has 0 aromatic heterocycles. The van der Waals surface area contributed by atoms with Gasteiger partial charge in [0.25, 0.3) is 0 Å². The predicted octanol–water partition coefficient (Wildman–Crippen LogP) is 2.83. The third kappa shape index (κ3) is 3.08. The molecule has 3 heteroatoms. The summed E-state index contributed by atoms with van der Waals surface area (Å²) in [7, 11) is 0. The van der Waals surface area contributed by atoms with Crippen molar-refractivity contribution in [2.75, 3.05) is 13.2 Å². The van der Waals surface area contributed by atoms with E-state index in [0.717, 1.165) is 15.6 Å². The summed E-state index contributed by atoms with van der Waals surface area (Å²) < 4.78 is 6.10. The van der Waals surface area contributed by atoms with Crippen molar-refractivity contribution in [3.8, 4) is 0 Å². The van der Waals surface area contributed by atoms with E-state index in [1.807, 2.05) is 32.0 Å². The van der Waals surface area contributed by atoms with Gasteiger partial charge in [-0.1, -0.05) is 33.6 Å². The normalized spacial score (nSPS) is 12.9. The maximum absolute atomic E-state index is 9.80. The van der Waals surface area contributed by atoms with Crippen LogP contribution in [0.5, 0.6) is 0 Å². The van der Waals surface area contributed by atoms with Crippen LogP contribution in [0.2, 0.25) is 0 Å². The zero-order chi connectivity index (χ0) is 10.6. The molecule has 0 fully saturated rings. The topological polar surface area (TPSA) is 29.5 Å². The van der Waals surface area contributed by atoms with E-state index in [-0.39, 0.29) is 0 Å². The molecule has 1 rings (SSSR count). The average Bonchev–Trinajstić information content (AvgIpc) is 2.18. The Bertz CT molecular complexity index is 299. The molecule has 1 unspecified atom stereocenters. The van der Waals surface area contributed by atoms with Crippen molar-refractivity contribution < 1.29 is 9.84 Å². The Morgan fingerprint density at radius 1 is 1.50 bits per heavy atom. The highest BCUT2D eigenvalue weighted by molar-refractivity contribution is 9.10. The van der Waals surface area contributed by atoms with Crippen LogP contribution < -0.4 is 0 Å². The smallest absolute Gasteiger partial charge is 0.103 e. The lowest BCUT2D eigenvalue weighted by molar-refractivity contribution is 0.0416. The van der Waals surface area contributed by atoms with Crippen molar-refractivity contribution >= 4 is 15.9 Å². The number of benzene rings is 1. The minimum absolute atomic E-state index is 0.346. The Balaban J connectivity index is 2.77. The second-order valence-electron chi connectivity index (χ2n) is 3.20. The lowest BCUT2D eigenvalue weighted by Gasteiger charge is -2.13. The molecule has 0 aliphatic rings. The minimum Gasteiger partial charge on any atom is -0.386 e. The van der Waals surface area contributed by atoms with Gasteiger partial charge >= 0.3 is 0 Å². The fraction of sp³-hybridized carbons (Fsp3) is 0.455. The summed E-state index contributed by atoms with van der Waals surface area (Å²) in [4.78, 5) is 0. The van der Waals surface area contributed by atoms with Gasteiger partial charge in [-0.25, -0.2) is 0 Å². The Morgan fingerprint density at radius 2 is 2.21 bits per heavy atom.